The zero-order valence-electron chi connectivity index (χ0n) is 13.1. The third kappa shape index (κ3) is 4.80. The van der Waals surface area contributed by atoms with Crippen LogP contribution >= 0.6 is 11.6 Å². The van der Waals surface area contributed by atoms with Gasteiger partial charge in [-0.15, -0.1) is 0 Å². The van der Waals surface area contributed by atoms with Crippen LogP contribution in [0.2, 0.25) is 5.02 Å². The lowest BCUT2D eigenvalue weighted by molar-refractivity contribution is -0.124. The number of hydrogen-bond donors (Lipinski definition) is 1. The SMILES string of the molecule is CC[C@H](C)NC(=O)COC(=O)c1cc(Cl)c(OC)c(OC)c1. The first-order valence-electron chi connectivity index (χ1n) is 6.80. The molecule has 0 radical (unpaired) electrons. The Morgan fingerprint density at radius 2 is 1.95 bits per heavy atom. The first kappa shape index (κ1) is 18.1. The zero-order chi connectivity index (χ0) is 16.7. The molecule has 0 spiro atoms. The molecular formula is C15H20ClNO5. The Morgan fingerprint density at radius 3 is 2.50 bits per heavy atom. The second-order valence-corrected chi connectivity index (χ2v) is 5.05. The van der Waals surface area contributed by atoms with Gasteiger partial charge in [-0.05, 0) is 25.5 Å². The normalized spacial score (nSPS) is 11.5. The maximum absolute atomic E-state index is 12.0. The largest absolute Gasteiger partial charge is 0.493 e. The number of hydrogen-bond acceptors (Lipinski definition) is 5. The van der Waals surface area contributed by atoms with Crippen molar-refractivity contribution in [2.24, 2.45) is 0 Å². The van der Waals surface area contributed by atoms with Crippen molar-refractivity contribution in [3.63, 3.8) is 0 Å². The first-order chi connectivity index (χ1) is 10.4. The minimum absolute atomic E-state index is 0.0294. The van der Waals surface area contributed by atoms with Crippen LogP contribution in [0.3, 0.4) is 0 Å². The highest BCUT2D eigenvalue weighted by atomic mass is 35.5. The monoisotopic (exact) mass is 329 g/mol. The van der Waals surface area contributed by atoms with E-state index in [2.05, 4.69) is 5.32 Å². The summed E-state index contributed by atoms with van der Waals surface area (Å²) in [7, 11) is 2.88. The van der Waals surface area contributed by atoms with Gasteiger partial charge in [0, 0.05) is 6.04 Å². The number of ether oxygens (including phenoxy) is 3. The number of methoxy groups -OCH3 is 2. The molecule has 0 aliphatic rings. The Hall–Kier alpha value is -1.95. The Morgan fingerprint density at radius 1 is 1.27 bits per heavy atom. The van der Waals surface area contributed by atoms with Crippen molar-refractivity contribution in [2.45, 2.75) is 26.3 Å². The van der Waals surface area contributed by atoms with Crippen LogP contribution in [0.25, 0.3) is 0 Å². The number of rotatable bonds is 7. The second kappa shape index (κ2) is 8.48. The molecule has 1 atom stereocenters. The van der Waals surface area contributed by atoms with E-state index in [1.165, 1.54) is 26.4 Å². The summed E-state index contributed by atoms with van der Waals surface area (Å²) in [5, 5.41) is 2.92. The van der Waals surface area contributed by atoms with Crippen molar-refractivity contribution in [1.82, 2.24) is 5.32 Å². The summed E-state index contributed by atoms with van der Waals surface area (Å²) in [5.74, 6) is -0.377. The van der Waals surface area contributed by atoms with Crippen molar-refractivity contribution in [1.29, 1.82) is 0 Å². The molecule has 0 aliphatic heterocycles. The van der Waals surface area contributed by atoms with Crippen molar-refractivity contribution >= 4 is 23.5 Å². The van der Waals surface area contributed by atoms with Crippen LogP contribution in [-0.2, 0) is 9.53 Å². The predicted molar refractivity (Wildman–Crippen MR) is 82.7 cm³/mol. The molecule has 7 heteroatoms. The Kier molecular flexibility index (Phi) is 6.98. The van der Waals surface area contributed by atoms with Crippen LogP contribution in [-0.4, -0.2) is 38.7 Å². The fraction of sp³-hybridized carbons (Fsp3) is 0.467. The second-order valence-electron chi connectivity index (χ2n) is 4.65. The summed E-state index contributed by atoms with van der Waals surface area (Å²) in [4.78, 5) is 23.5. The molecule has 1 aromatic rings. The molecule has 0 fully saturated rings. The molecule has 6 nitrogen and oxygen atoms in total. The Bertz CT molecular complexity index is 547. The number of carbonyl (C=O) groups is 2. The zero-order valence-corrected chi connectivity index (χ0v) is 13.8. The topological polar surface area (TPSA) is 73.9 Å². The first-order valence-corrected chi connectivity index (χ1v) is 7.18. The molecule has 1 N–H and O–H groups in total. The molecule has 0 saturated heterocycles. The number of esters is 1. The highest BCUT2D eigenvalue weighted by Crippen LogP contribution is 2.36. The molecule has 122 valence electrons. The highest BCUT2D eigenvalue weighted by Gasteiger charge is 2.17. The lowest BCUT2D eigenvalue weighted by Gasteiger charge is -2.13. The van der Waals surface area contributed by atoms with Crippen LogP contribution in [0, 0.1) is 0 Å². The van der Waals surface area contributed by atoms with Gasteiger partial charge in [0.2, 0.25) is 0 Å². The van der Waals surface area contributed by atoms with Gasteiger partial charge in [-0.1, -0.05) is 18.5 Å². The molecule has 0 heterocycles. The van der Waals surface area contributed by atoms with Crippen molar-refractivity contribution < 1.29 is 23.8 Å². The third-order valence-corrected chi connectivity index (χ3v) is 3.30. The van der Waals surface area contributed by atoms with E-state index in [4.69, 9.17) is 25.8 Å². The van der Waals surface area contributed by atoms with Crippen molar-refractivity contribution in [3.05, 3.63) is 22.7 Å². The number of nitrogens with one attached hydrogen (secondary N) is 1. The minimum Gasteiger partial charge on any atom is -0.493 e. The average Bonchev–Trinajstić information content (AvgIpc) is 2.51. The maximum Gasteiger partial charge on any atom is 0.338 e. The molecule has 1 rings (SSSR count). The van der Waals surface area contributed by atoms with Gasteiger partial charge in [-0.2, -0.15) is 0 Å². The van der Waals surface area contributed by atoms with Gasteiger partial charge in [0.25, 0.3) is 5.91 Å². The highest BCUT2D eigenvalue weighted by molar-refractivity contribution is 6.32. The summed E-state index contributed by atoms with van der Waals surface area (Å²) < 4.78 is 15.1. The summed E-state index contributed by atoms with van der Waals surface area (Å²) in [6.45, 7) is 3.46. The predicted octanol–water partition coefficient (Wildman–Crippen LogP) is 2.43. The summed E-state index contributed by atoms with van der Waals surface area (Å²) in [6.07, 6.45) is 0.797. The smallest absolute Gasteiger partial charge is 0.338 e. The van der Waals surface area contributed by atoms with Crippen LogP contribution in [0.15, 0.2) is 12.1 Å². The standard InChI is InChI=1S/C15H20ClNO5/c1-5-9(2)17-13(18)8-22-15(19)10-6-11(16)14(21-4)12(7-10)20-3/h6-7,9H,5,8H2,1-4H3,(H,17,18)/t9-/m0/s1. The van der Waals surface area contributed by atoms with Crippen LogP contribution < -0.4 is 14.8 Å². The lowest BCUT2D eigenvalue weighted by Crippen LogP contribution is -2.35. The van der Waals surface area contributed by atoms with E-state index in [0.717, 1.165) is 6.42 Å². The number of benzene rings is 1. The summed E-state index contributed by atoms with van der Waals surface area (Å²) in [5.41, 5.74) is 0.180. The van der Waals surface area contributed by atoms with Crippen molar-refractivity contribution in [3.8, 4) is 11.5 Å². The fourth-order valence-corrected chi connectivity index (χ4v) is 1.96. The number of amides is 1. The third-order valence-electron chi connectivity index (χ3n) is 3.02. The van der Waals surface area contributed by atoms with Crippen molar-refractivity contribution in [2.75, 3.05) is 20.8 Å². The molecule has 0 bridgehead atoms. The van der Waals surface area contributed by atoms with E-state index in [0.29, 0.717) is 11.5 Å². The van der Waals surface area contributed by atoms with Crippen LogP contribution in [0.1, 0.15) is 30.6 Å². The van der Waals surface area contributed by atoms with Gasteiger partial charge in [0.05, 0.1) is 24.8 Å². The molecule has 22 heavy (non-hydrogen) atoms. The van der Waals surface area contributed by atoms with Crippen LogP contribution in [0.5, 0.6) is 11.5 Å². The molecular weight excluding hydrogens is 310 g/mol. The van der Waals surface area contributed by atoms with E-state index in [9.17, 15) is 9.59 Å². The fourth-order valence-electron chi connectivity index (χ4n) is 1.67. The Balaban J connectivity index is 2.74. The Labute approximate surface area is 134 Å². The molecule has 0 saturated carbocycles. The van der Waals surface area contributed by atoms with Gasteiger partial charge in [-0.25, -0.2) is 4.79 Å². The van der Waals surface area contributed by atoms with Gasteiger partial charge in [0.1, 0.15) is 0 Å². The van der Waals surface area contributed by atoms with E-state index in [-0.39, 0.29) is 29.1 Å². The molecule has 0 aromatic heterocycles. The number of carbonyl (C=O) groups excluding carboxylic acids is 2. The van der Waals surface area contributed by atoms with E-state index < -0.39 is 5.97 Å². The summed E-state index contributed by atoms with van der Waals surface area (Å²) in [6, 6.07) is 2.87. The quantitative estimate of drug-likeness (QED) is 0.778. The maximum atomic E-state index is 12.0. The lowest BCUT2D eigenvalue weighted by atomic mass is 10.2. The average molecular weight is 330 g/mol. The summed E-state index contributed by atoms with van der Waals surface area (Å²) >= 11 is 6.02. The van der Waals surface area contributed by atoms with E-state index in [1.807, 2.05) is 13.8 Å². The van der Waals surface area contributed by atoms with Crippen LogP contribution in [0.4, 0.5) is 0 Å². The molecule has 0 aliphatic carbocycles. The van der Waals surface area contributed by atoms with Gasteiger partial charge in [0.15, 0.2) is 18.1 Å². The number of halogens is 1. The molecule has 1 aromatic carbocycles. The van der Waals surface area contributed by atoms with E-state index >= 15 is 0 Å². The van der Waals surface area contributed by atoms with Gasteiger partial charge in [-0.3, -0.25) is 4.79 Å². The molecule has 1 amide bonds. The van der Waals surface area contributed by atoms with Gasteiger partial charge >= 0.3 is 5.97 Å². The minimum atomic E-state index is -0.665. The molecule has 0 unspecified atom stereocenters. The van der Waals surface area contributed by atoms with E-state index in [1.54, 1.807) is 0 Å². The van der Waals surface area contributed by atoms with Gasteiger partial charge < -0.3 is 19.5 Å².